The van der Waals surface area contributed by atoms with Gasteiger partial charge in [-0.25, -0.2) is 4.68 Å². The molecule has 0 aliphatic carbocycles. The number of aromatic nitrogens is 2. The third-order valence-electron chi connectivity index (χ3n) is 3.10. The van der Waals surface area contributed by atoms with Crippen LogP contribution in [-0.4, -0.2) is 27.8 Å². The highest BCUT2D eigenvalue weighted by molar-refractivity contribution is 5.92. The molecule has 19 heavy (non-hydrogen) atoms. The molecule has 0 radical (unpaired) electrons. The first kappa shape index (κ1) is 13.3. The fourth-order valence-corrected chi connectivity index (χ4v) is 2.15. The molecule has 0 aliphatic rings. The molecule has 0 spiro atoms. The van der Waals surface area contributed by atoms with Crippen LogP contribution in [0.1, 0.15) is 21.5 Å². The first-order valence-electron chi connectivity index (χ1n) is 6.08. The minimum absolute atomic E-state index is 0.0729. The number of benzene rings is 1. The number of anilines is 1. The fourth-order valence-electron chi connectivity index (χ4n) is 2.15. The summed E-state index contributed by atoms with van der Waals surface area (Å²) < 4.78 is 1.46. The molecule has 0 fully saturated rings. The van der Waals surface area contributed by atoms with E-state index in [4.69, 9.17) is 10.8 Å². The first-order chi connectivity index (χ1) is 9.08. The second-order valence-corrected chi connectivity index (χ2v) is 4.53. The van der Waals surface area contributed by atoms with Gasteiger partial charge in [-0.05, 0) is 19.4 Å². The number of hydrogen-bond donors (Lipinski definition) is 2. The van der Waals surface area contributed by atoms with Gasteiger partial charge in [-0.1, -0.05) is 23.8 Å². The van der Waals surface area contributed by atoms with E-state index in [9.17, 15) is 4.79 Å². The van der Waals surface area contributed by atoms with Gasteiger partial charge in [0.15, 0.2) is 6.29 Å². The number of aliphatic hydroxyl groups is 1. The van der Waals surface area contributed by atoms with Gasteiger partial charge in [0.05, 0.1) is 18.7 Å². The van der Waals surface area contributed by atoms with Gasteiger partial charge < -0.3 is 10.8 Å². The van der Waals surface area contributed by atoms with Crippen LogP contribution in [0, 0.1) is 13.8 Å². The highest BCUT2D eigenvalue weighted by atomic mass is 16.3. The molecule has 0 saturated heterocycles. The van der Waals surface area contributed by atoms with Crippen LogP contribution in [0.5, 0.6) is 0 Å². The molecule has 1 aromatic heterocycles. The van der Waals surface area contributed by atoms with E-state index in [1.54, 1.807) is 0 Å². The van der Waals surface area contributed by atoms with Gasteiger partial charge in [0.2, 0.25) is 0 Å². The predicted molar refractivity (Wildman–Crippen MR) is 74.0 cm³/mol. The van der Waals surface area contributed by atoms with Crippen LogP contribution >= 0.6 is 0 Å². The summed E-state index contributed by atoms with van der Waals surface area (Å²) in [6.45, 7) is 4.18. The molecule has 0 aliphatic heterocycles. The number of rotatable bonds is 4. The molecule has 1 heterocycles. The lowest BCUT2D eigenvalue weighted by Gasteiger charge is -2.04. The highest BCUT2D eigenvalue weighted by Crippen LogP contribution is 2.28. The fraction of sp³-hybridized carbons (Fsp3) is 0.286. The van der Waals surface area contributed by atoms with Gasteiger partial charge >= 0.3 is 0 Å². The van der Waals surface area contributed by atoms with Crippen molar-refractivity contribution < 1.29 is 9.90 Å². The standard InChI is InChI=1S/C14H17N3O2/c1-9-3-4-11(10(2)7-9)13-12(8-19)14(15)17(16-13)5-6-18/h3-4,7-8,18H,5-6,15H2,1-2H3. The second-order valence-electron chi connectivity index (χ2n) is 4.53. The van der Waals surface area contributed by atoms with Crippen molar-refractivity contribution in [2.75, 3.05) is 12.3 Å². The molecule has 1 aromatic carbocycles. The Morgan fingerprint density at radius 1 is 1.42 bits per heavy atom. The number of nitrogens with two attached hydrogens (primary N) is 1. The monoisotopic (exact) mass is 259 g/mol. The van der Waals surface area contributed by atoms with Crippen LogP contribution in [-0.2, 0) is 6.54 Å². The molecule has 0 saturated carbocycles. The van der Waals surface area contributed by atoms with Crippen LogP contribution < -0.4 is 5.73 Å². The number of aryl methyl sites for hydroxylation is 2. The topological polar surface area (TPSA) is 81.1 Å². The van der Waals surface area contributed by atoms with Crippen LogP contribution in [0.4, 0.5) is 5.82 Å². The lowest BCUT2D eigenvalue weighted by molar-refractivity contribution is 0.112. The zero-order valence-corrected chi connectivity index (χ0v) is 11.1. The number of carbonyl (C=O) groups is 1. The Morgan fingerprint density at radius 3 is 2.74 bits per heavy atom. The van der Waals surface area contributed by atoms with Gasteiger partial charge in [0.25, 0.3) is 0 Å². The summed E-state index contributed by atoms with van der Waals surface area (Å²) >= 11 is 0. The molecule has 2 aromatic rings. The summed E-state index contributed by atoms with van der Waals surface area (Å²) in [6, 6.07) is 5.94. The number of aliphatic hydroxyl groups excluding tert-OH is 1. The Hall–Kier alpha value is -2.14. The van der Waals surface area contributed by atoms with E-state index in [0.29, 0.717) is 23.4 Å². The summed E-state index contributed by atoms with van der Waals surface area (Å²) in [7, 11) is 0. The molecule has 2 rings (SSSR count). The minimum Gasteiger partial charge on any atom is -0.394 e. The summed E-state index contributed by atoms with van der Waals surface area (Å²) in [5, 5.41) is 13.3. The van der Waals surface area contributed by atoms with Crippen LogP contribution in [0.15, 0.2) is 18.2 Å². The Kier molecular flexibility index (Phi) is 3.66. The molecule has 100 valence electrons. The average molecular weight is 259 g/mol. The van der Waals surface area contributed by atoms with Crippen molar-refractivity contribution in [3.05, 3.63) is 34.9 Å². The van der Waals surface area contributed by atoms with Crippen molar-refractivity contribution in [1.82, 2.24) is 9.78 Å². The van der Waals surface area contributed by atoms with Crippen molar-refractivity contribution >= 4 is 12.1 Å². The molecule has 0 atom stereocenters. The van der Waals surface area contributed by atoms with Gasteiger partial charge in [-0.15, -0.1) is 0 Å². The van der Waals surface area contributed by atoms with E-state index >= 15 is 0 Å². The zero-order chi connectivity index (χ0) is 14.0. The number of aldehydes is 1. The van der Waals surface area contributed by atoms with Crippen LogP contribution in [0.3, 0.4) is 0 Å². The van der Waals surface area contributed by atoms with Crippen LogP contribution in [0.2, 0.25) is 0 Å². The normalized spacial score (nSPS) is 10.7. The molecule has 0 unspecified atom stereocenters. The molecule has 3 N–H and O–H groups in total. The second kappa shape index (κ2) is 5.24. The smallest absolute Gasteiger partial charge is 0.156 e. The summed E-state index contributed by atoms with van der Waals surface area (Å²) in [5.41, 5.74) is 9.89. The van der Waals surface area contributed by atoms with Gasteiger partial charge in [0, 0.05) is 5.56 Å². The van der Waals surface area contributed by atoms with Crippen molar-refractivity contribution in [3.63, 3.8) is 0 Å². The van der Waals surface area contributed by atoms with Crippen molar-refractivity contribution in [2.24, 2.45) is 0 Å². The van der Waals surface area contributed by atoms with E-state index in [1.807, 2.05) is 32.0 Å². The SMILES string of the molecule is Cc1ccc(-c2nn(CCO)c(N)c2C=O)c(C)c1. The maximum Gasteiger partial charge on any atom is 0.156 e. The van der Waals surface area contributed by atoms with E-state index in [-0.39, 0.29) is 13.2 Å². The van der Waals surface area contributed by atoms with Crippen LogP contribution in [0.25, 0.3) is 11.3 Å². The quantitative estimate of drug-likeness (QED) is 0.816. The molecular weight excluding hydrogens is 242 g/mol. The van der Waals surface area contributed by atoms with E-state index in [1.165, 1.54) is 4.68 Å². The number of nitrogen functional groups attached to an aromatic ring is 1. The third kappa shape index (κ3) is 2.37. The van der Waals surface area contributed by atoms with Gasteiger partial charge in [-0.3, -0.25) is 4.79 Å². The van der Waals surface area contributed by atoms with Crippen molar-refractivity contribution in [3.8, 4) is 11.3 Å². The Labute approximate surface area is 111 Å². The summed E-state index contributed by atoms with van der Waals surface area (Å²) in [5.74, 6) is 0.291. The van der Waals surface area contributed by atoms with Gasteiger partial charge in [0.1, 0.15) is 11.5 Å². The van der Waals surface area contributed by atoms with Gasteiger partial charge in [-0.2, -0.15) is 5.10 Å². The Bertz CT molecular complexity index is 617. The molecule has 5 heteroatoms. The highest BCUT2D eigenvalue weighted by Gasteiger charge is 2.17. The molecular formula is C14H17N3O2. The summed E-state index contributed by atoms with van der Waals surface area (Å²) in [4.78, 5) is 11.2. The predicted octanol–water partition coefficient (Wildman–Crippen LogP) is 1.55. The Morgan fingerprint density at radius 2 is 2.16 bits per heavy atom. The van der Waals surface area contributed by atoms with Crippen molar-refractivity contribution in [2.45, 2.75) is 20.4 Å². The maximum absolute atomic E-state index is 11.2. The largest absolute Gasteiger partial charge is 0.394 e. The molecule has 0 amide bonds. The Balaban J connectivity index is 2.61. The molecule has 0 bridgehead atoms. The van der Waals surface area contributed by atoms with E-state index < -0.39 is 0 Å². The van der Waals surface area contributed by atoms with E-state index in [0.717, 1.165) is 16.7 Å². The maximum atomic E-state index is 11.2. The lowest BCUT2D eigenvalue weighted by Crippen LogP contribution is -2.08. The summed E-state index contributed by atoms with van der Waals surface area (Å²) in [6.07, 6.45) is 0.713. The van der Waals surface area contributed by atoms with Crippen molar-refractivity contribution in [1.29, 1.82) is 0 Å². The average Bonchev–Trinajstić information content (AvgIpc) is 2.67. The zero-order valence-electron chi connectivity index (χ0n) is 11.1. The van der Waals surface area contributed by atoms with E-state index in [2.05, 4.69) is 5.10 Å². The first-order valence-corrected chi connectivity index (χ1v) is 6.08. The minimum atomic E-state index is -0.0729. The third-order valence-corrected chi connectivity index (χ3v) is 3.10. The number of nitrogens with zero attached hydrogens (tertiary/aromatic N) is 2. The number of hydrogen-bond acceptors (Lipinski definition) is 4. The lowest BCUT2D eigenvalue weighted by atomic mass is 10.0. The molecule has 5 nitrogen and oxygen atoms in total. The number of carbonyl (C=O) groups excluding carboxylic acids is 1.